The third-order valence-electron chi connectivity index (χ3n) is 7.70. The lowest BCUT2D eigenvalue weighted by Crippen LogP contribution is -2.46. The predicted octanol–water partition coefficient (Wildman–Crippen LogP) is 5.36. The maximum Gasteiger partial charge on any atom is 0.219 e. The topological polar surface area (TPSA) is 68.1 Å². The lowest BCUT2D eigenvalue weighted by Gasteiger charge is -2.37. The number of rotatable bonds is 8. The van der Waals surface area contributed by atoms with Gasteiger partial charge in [-0.2, -0.15) is 0 Å². The van der Waals surface area contributed by atoms with E-state index in [0.29, 0.717) is 31.0 Å². The number of Topliss-reactive ketones (excluding diaryl/α,β-unsaturated/α-hetero) is 1. The van der Waals surface area contributed by atoms with Crippen LogP contribution in [0.4, 0.5) is 0 Å². The summed E-state index contributed by atoms with van der Waals surface area (Å²) >= 11 is 0. The predicted molar refractivity (Wildman–Crippen MR) is 138 cm³/mol. The van der Waals surface area contributed by atoms with Crippen LogP contribution in [0.15, 0.2) is 18.2 Å². The van der Waals surface area contributed by atoms with Crippen molar-refractivity contribution in [1.82, 2.24) is 19.7 Å². The number of likely N-dealkylation sites (tertiary alicyclic amines) is 1. The zero-order valence-corrected chi connectivity index (χ0v) is 22.4. The number of benzene rings is 1. The molecule has 1 saturated carbocycles. The monoisotopic (exact) mass is 478 g/mol. The molecule has 1 aromatic carbocycles. The number of hydrogen-bond acceptors (Lipinski definition) is 4. The van der Waals surface area contributed by atoms with Gasteiger partial charge in [-0.3, -0.25) is 9.59 Å². The van der Waals surface area contributed by atoms with E-state index in [1.54, 1.807) is 6.92 Å². The fraction of sp³-hybridized carbons (Fsp3) is 0.655. The first-order chi connectivity index (χ1) is 16.5. The molecule has 1 amide bonds. The number of carbonyl (C=O) groups is 2. The van der Waals surface area contributed by atoms with Gasteiger partial charge in [-0.15, -0.1) is 10.2 Å². The van der Waals surface area contributed by atoms with E-state index in [9.17, 15) is 9.59 Å². The average molecular weight is 479 g/mol. The second kappa shape index (κ2) is 10.2. The molecule has 1 aliphatic heterocycles. The third kappa shape index (κ3) is 6.20. The van der Waals surface area contributed by atoms with Crippen molar-refractivity contribution in [3.63, 3.8) is 0 Å². The second-order valence-corrected chi connectivity index (χ2v) is 12.0. The van der Waals surface area contributed by atoms with Gasteiger partial charge < -0.3 is 9.47 Å². The van der Waals surface area contributed by atoms with Crippen molar-refractivity contribution >= 4 is 11.7 Å². The van der Waals surface area contributed by atoms with E-state index in [1.807, 2.05) is 4.90 Å². The number of aromatic nitrogens is 3. The minimum Gasteiger partial charge on any atom is -0.342 e. The Morgan fingerprint density at radius 3 is 2.46 bits per heavy atom. The van der Waals surface area contributed by atoms with Crippen molar-refractivity contribution < 1.29 is 9.59 Å². The first kappa shape index (κ1) is 25.6. The van der Waals surface area contributed by atoms with Crippen LogP contribution in [0.1, 0.15) is 100 Å². The Bertz CT molecular complexity index is 1080. The highest BCUT2D eigenvalue weighted by molar-refractivity contribution is 5.85. The lowest BCUT2D eigenvalue weighted by atomic mass is 9.79. The Kier molecular flexibility index (Phi) is 7.48. The molecule has 35 heavy (non-hydrogen) atoms. The molecule has 2 heterocycles. The largest absolute Gasteiger partial charge is 0.342 e. The molecule has 0 bridgehead atoms. The number of ketones is 1. The molecular formula is C29H42N4O2. The Hall–Kier alpha value is -2.50. The molecule has 1 aliphatic carbocycles. The normalized spacial score (nSPS) is 20.8. The molecule has 2 aliphatic rings. The summed E-state index contributed by atoms with van der Waals surface area (Å²) in [5.74, 6) is 2.04. The molecule has 0 unspecified atom stereocenters. The Morgan fingerprint density at radius 1 is 1.09 bits per heavy atom. The molecular weight excluding hydrogens is 436 g/mol. The first-order valence-electron chi connectivity index (χ1n) is 13.3. The Balaban J connectivity index is 1.60. The van der Waals surface area contributed by atoms with E-state index in [2.05, 4.69) is 62.5 Å². The summed E-state index contributed by atoms with van der Waals surface area (Å²) in [7, 11) is 0. The summed E-state index contributed by atoms with van der Waals surface area (Å²) in [4.78, 5) is 27.8. The van der Waals surface area contributed by atoms with Gasteiger partial charge in [0.05, 0.1) is 0 Å². The van der Waals surface area contributed by atoms with E-state index < -0.39 is 0 Å². The smallest absolute Gasteiger partial charge is 0.219 e. The van der Waals surface area contributed by atoms with Crippen LogP contribution in [0, 0.1) is 25.2 Å². The van der Waals surface area contributed by atoms with Gasteiger partial charge in [0.1, 0.15) is 17.4 Å². The van der Waals surface area contributed by atoms with Gasteiger partial charge in [-0.1, -0.05) is 44.5 Å². The fourth-order valence-corrected chi connectivity index (χ4v) is 5.50. The van der Waals surface area contributed by atoms with Crippen molar-refractivity contribution in [2.24, 2.45) is 11.3 Å². The lowest BCUT2D eigenvalue weighted by molar-refractivity contribution is -0.133. The van der Waals surface area contributed by atoms with Crippen molar-refractivity contribution in [3.8, 4) is 0 Å². The van der Waals surface area contributed by atoms with Gasteiger partial charge in [0.25, 0.3) is 0 Å². The molecule has 1 aromatic heterocycles. The molecule has 1 saturated heterocycles. The summed E-state index contributed by atoms with van der Waals surface area (Å²) in [5, 5.41) is 9.36. The summed E-state index contributed by atoms with van der Waals surface area (Å²) in [6.07, 6.45) is 6.63. The molecule has 2 aromatic rings. The highest BCUT2D eigenvalue weighted by Gasteiger charge is 2.41. The van der Waals surface area contributed by atoms with Gasteiger partial charge in [-0.25, -0.2) is 0 Å². The minimum absolute atomic E-state index is 0.00770. The quantitative estimate of drug-likeness (QED) is 0.512. The summed E-state index contributed by atoms with van der Waals surface area (Å²) in [5.41, 5.74) is 3.73. The van der Waals surface area contributed by atoms with E-state index in [4.69, 9.17) is 5.10 Å². The number of piperidine rings is 1. The molecule has 0 spiro atoms. The molecule has 190 valence electrons. The van der Waals surface area contributed by atoms with Gasteiger partial charge in [-0.05, 0) is 62.5 Å². The molecule has 2 fully saturated rings. The Labute approximate surface area is 210 Å². The standard InChI is InChI=1S/C29H42N4O2/c1-19-9-10-22(20(2)16-19)17-26(35)25-18-32(21(3)34)15-13-24(25)28-31-30-27(33(28)23-11-12-23)8-7-14-29(4,5)6/h9-10,16,23-25H,7-8,11-15,17-18H2,1-6H3/t24-,25-/m0/s1. The van der Waals surface area contributed by atoms with Crippen LogP contribution in [-0.2, 0) is 22.4 Å². The van der Waals surface area contributed by atoms with Gasteiger partial charge >= 0.3 is 0 Å². The maximum atomic E-state index is 13.7. The van der Waals surface area contributed by atoms with Crippen LogP contribution < -0.4 is 0 Å². The van der Waals surface area contributed by atoms with E-state index in [1.165, 1.54) is 5.56 Å². The van der Waals surface area contributed by atoms with Crippen molar-refractivity contribution in [2.75, 3.05) is 13.1 Å². The average Bonchev–Trinajstić information content (AvgIpc) is 3.54. The third-order valence-corrected chi connectivity index (χ3v) is 7.70. The van der Waals surface area contributed by atoms with Gasteiger partial charge in [0.2, 0.25) is 5.91 Å². The zero-order valence-electron chi connectivity index (χ0n) is 22.4. The van der Waals surface area contributed by atoms with Crippen LogP contribution in [0.25, 0.3) is 0 Å². The first-order valence-corrected chi connectivity index (χ1v) is 13.3. The van der Waals surface area contributed by atoms with E-state index in [0.717, 1.165) is 61.3 Å². The van der Waals surface area contributed by atoms with Crippen LogP contribution in [0.3, 0.4) is 0 Å². The summed E-state index contributed by atoms with van der Waals surface area (Å²) in [6.45, 7) is 13.7. The summed E-state index contributed by atoms with van der Waals surface area (Å²) in [6, 6.07) is 6.74. The minimum atomic E-state index is -0.252. The Morgan fingerprint density at radius 2 is 1.83 bits per heavy atom. The van der Waals surface area contributed by atoms with Crippen molar-refractivity contribution in [3.05, 3.63) is 46.5 Å². The number of aryl methyl sites for hydroxylation is 3. The van der Waals surface area contributed by atoms with Crippen LogP contribution in [0.2, 0.25) is 0 Å². The van der Waals surface area contributed by atoms with Crippen LogP contribution in [-0.4, -0.2) is 44.4 Å². The fourth-order valence-electron chi connectivity index (χ4n) is 5.50. The molecule has 6 nitrogen and oxygen atoms in total. The second-order valence-electron chi connectivity index (χ2n) is 12.0. The summed E-state index contributed by atoms with van der Waals surface area (Å²) < 4.78 is 2.37. The zero-order chi connectivity index (χ0) is 25.3. The number of amides is 1. The van der Waals surface area contributed by atoms with Gasteiger partial charge in [0, 0.05) is 50.7 Å². The number of hydrogen-bond donors (Lipinski definition) is 0. The van der Waals surface area contributed by atoms with E-state index in [-0.39, 0.29) is 23.5 Å². The van der Waals surface area contributed by atoms with Crippen LogP contribution in [0.5, 0.6) is 0 Å². The van der Waals surface area contributed by atoms with Crippen molar-refractivity contribution in [1.29, 1.82) is 0 Å². The molecule has 2 atom stereocenters. The molecule has 0 radical (unpaired) electrons. The SMILES string of the molecule is CC(=O)N1CC[C@H](c2nnc(CCCC(C)(C)C)n2C2CC2)[C@@H](C(=O)Cc2ccc(C)cc2C)C1. The van der Waals surface area contributed by atoms with Crippen molar-refractivity contribution in [2.45, 2.75) is 98.4 Å². The highest BCUT2D eigenvalue weighted by atomic mass is 16.2. The maximum absolute atomic E-state index is 13.7. The van der Waals surface area contributed by atoms with Crippen LogP contribution >= 0.6 is 0 Å². The highest BCUT2D eigenvalue weighted by Crippen LogP contribution is 2.42. The molecule has 6 heteroatoms. The molecule has 0 N–H and O–H groups in total. The van der Waals surface area contributed by atoms with E-state index >= 15 is 0 Å². The number of carbonyl (C=O) groups excluding carboxylic acids is 2. The number of nitrogens with zero attached hydrogens (tertiary/aromatic N) is 4. The molecule has 4 rings (SSSR count). The van der Waals surface area contributed by atoms with Gasteiger partial charge in [0.15, 0.2) is 0 Å².